The minimum absolute atomic E-state index is 0.163. The van der Waals surface area contributed by atoms with Crippen LogP contribution >= 0.6 is 11.8 Å². The Morgan fingerprint density at radius 2 is 1.79 bits per heavy atom. The van der Waals surface area contributed by atoms with Gasteiger partial charge in [-0.15, -0.1) is 11.8 Å². The van der Waals surface area contributed by atoms with E-state index in [2.05, 4.69) is 17.1 Å². The number of sulfonamides is 1. The van der Waals surface area contributed by atoms with Crippen LogP contribution in [0.1, 0.15) is 12.5 Å². The van der Waals surface area contributed by atoms with E-state index < -0.39 is 10.0 Å². The Morgan fingerprint density at radius 3 is 2.48 bits per heavy atom. The maximum Gasteiger partial charge on any atom is 0.243 e. The molecule has 1 heterocycles. The smallest absolute Gasteiger partial charge is 0.243 e. The third-order valence-electron chi connectivity index (χ3n) is 4.99. The number of hydrogen-bond donors (Lipinski definition) is 1. The summed E-state index contributed by atoms with van der Waals surface area (Å²) in [5, 5.41) is 2.81. The maximum atomic E-state index is 13.0. The molecule has 0 unspecified atom stereocenters. The molecule has 1 aliphatic rings. The van der Waals surface area contributed by atoms with Gasteiger partial charge in [-0.05, 0) is 43.3 Å². The van der Waals surface area contributed by atoms with E-state index in [1.807, 2.05) is 31.2 Å². The molecule has 0 bridgehead atoms. The number of likely N-dealkylation sites (N-methyl/N-ethyl adjacent to an activating group) is 1. The molecule has 156 valence electrons. The number of carbonyl (C=O) groups is 1. The minimum Gasteiger partial charge on any atom is -0.325 e. The molecule has 1 saturated heterocycles. The lowest BCUT2D eigenvalue weighted by Gasteiger charge is -2.33. The van der Waals surface area contributed by atoms with Crippen LogP contribution in [0.4, 0.5) is 5.69 Å². The molecule has 6 nitrogen and oxygen atoms in total. The first kappa shape index (κ1) is 21.8. The number of piperazine rings is 1. The van der Waals surface area contributed by atoms with Crippen LogP contribution in [0.3, 0.4) is 0 Å². The van der Waals surface area contributed by atoms with E-state index in [9.17, 15) is 13.2 Å². The second-order valence-electron chi connectivity index (χ2n) is 6.97. The zero-order valence-corrected chi connectivity index (χ0v) is 18.4. The van der Waals surface area contributed by atoms with Gasteiger partial charge >= 0.3 is 0 Å². The van der Waals surface area contributed by atoms with Gasteiger partial charge in [0.25, 0.3) is 0 Å². The number of hydrogen-bond acceptors (Lipinski definition) is 5. The number of nitrogens with one attached hydrogen (secondary N) is 1. The maximum absolute atomic E-state index is 13.0. The van der Waals surface area contributed by atoms with Gasteiger partial charge in [0.1, 0.15) is 0 Å². The number of thioether (sulfide) groups is 1. The molecule has 0 aliphatic carbocycles. The van der Waals surface area contributed by atoms with E-state index >= 15 is 0 Å². The Bertz CT molecular complexity index is 955. The Morgan fingerprint density at radius 1 is 1.07 bits per heavy atom. The van der Waals surface area contributed by atoms with E-state index in [1.54, 1.807) is 18.2 Å². The van der Waals surface area contributed by atoms with Gasteiger partial charge in [0, 0.05) is 36.8 Å². The summed E-state index contributed by atoms with van der Waals surface area (Å²) in [5.41, 5.74) is 1.62. The summed E-state index contributed by atoms with van der Waals surface area (Å²) >= 11 is 1.47. The number of anilines is 1. The van der Waals surface area contributed by atoms with E-state index in [0.717, 1.165) is 30.1 Å². The molecule has 1 amide bonds. The molecule has 8 heteroatoms. The number of rotatable bonds is 7. The van der Waals surface area contributed by atoms with Crippen molar-refractivity contribution in [1.29, 1.82) is 0 Å². The average molecular weight is 434 g/mol. The highest BCUT2D eigenvalue weighted by Crippen LogP contribution is 2.23. The lowest BCUT2D eigenvalue weighted by molar-refractivity contribution is -0.113. The average Bonchev–Trinajstić information content (AvgIpc) is 2.73. The monoisotopic (exact) mass is 433 g/mol. The number of benzene rings is 2. The van der Waals surface area contributed by atoms with Gasteiger partial charge in [0.05, 0.1) is 10.6 Å². The van der Waals surface area contributed by atoms with Gasteiger partial charge in [-0.25, -0.2) is 8.42 Å². The standard InChI is InChI=1S/C21H27N3O3S2/c1-3-23-11-13-24(14-12-23)29(26,27)19-9-6-8-18(15-19)22-21(25)16-28-20-10-5-4-7-17(20)2/h4-10,15H,3,11-14,16H2,1-2H3,(H,22,25). The zero-order chi connectivity index (χ0) is 20.9. The van der Waals surface area contributed by atoms with Gasteiger partial charge < -0.3 is 10.2 Å². The van der Waals surface area contributed by atoms with Gasteiger partial charge in [-0.1, -0.05) is 31.2 Å². The van der Waals surface area contributed by atoms with E-state index in [0.29, 0.717) is 18.8 Å². The van der Waals surface area contributed by atoms with E-state index in [-0.39, 0.29) is 16.6 Å². The van der Waals surface area contributed by atoms with Crippen molar-refractivity contribution in [3.63, 3.8) is 0 Å². The molecule has 0 radical (unpaired) electrons. The van der Waals surface area contributed by atoms with Crippen LogP contribution in [0.5, 0.6) is 0 Å². The first-order valence-corrected chi connectivity index (χ1v) is 12.1. The van der Waals surface area contributed by atoms with Crippen LogP contribution in [0, 0.1) is 6.92 Å². The SMILES string of the molecule is CCN1CCN(S(=O)(=O)c2cccc(NC(=O)CSc3ccccc3C)c2)CC1. The van der Waals surface area contributed by atoms with E-state index in [1.165, 1.54) is 22.1 Å². The Balaban J connectivity index is 1.63. The first-order valence-electron chi connectivity index (χ1n) is 9.71. The fraction of sp³-hybridized carbons (Fsp3) is 0.381. The molecule has 1 fully saturated rings. The highest BCUT2D eigenvalue weighted by atomic mass is 32.2. The molecule has 2 aromatic rings. The second kappa shape index (κ2) is 9.75. The Kier molecular flexibility index (Phi) is 7.34. The summed E-state index contributed by atoms with van der Waals surface area (Å²) in [6, 6.07) is 14.4. The molecule has 2 aromatic carbocycles. The van der Waals surface area contributed by atoms with Crippen molar-refractivity contribution in [2.24, 2.45) is 0 Å². The molecular formula is C21H27N3O3S2. The largest absolute Gasteiger partial charge is 0.325 e. The predicted molar refractivity (Wildman–Crippen MR) is 118 cm³/mol. The van der Waals surface area contributed by atoms with Crippen molar-refractivity contribution in [3.05, 3.63) is 54.1 Å². The highest BCUT2D eigenvalue weighted by molar-refractivity contribution is 8.00. The predicted octanol–water partition coefficient (Wildman–Crippen LogP) is 3.05. The minimum atomic E-state index is -3.56. The number of aryl methyl sites for hydroxylation is 1. The summed E-state index contributed by atoms with van der Waals surface area (Å²) in [7, 11) is -3.56. The fourth-order valence-corrected chi connectivity index (χ4v) is 5.53. The quantitative estimate of drug-likeness (QED) is 0.680. The van der Waals surface area contributed by atoms with Crippen molar-refractivity contribution >= 4 is 33.4 Å². The van der Waals surface area contributed by atoms with Gasteiger partial charge in [0.15, 0.2) is 0 Å². The third-order valence-corrected chi connectivity index (χ3v) is 8.06. The topological polar surface area (TPSA) is 69.7 Å². The van der Waals surface area contributed by atoms with E-state index in [4.69, 9.17) is 0 Å². The summed E-state index contributed by atoms with van der Waals surface area (Å²) in [5.74, 6) is 0.102. The van der Waals surface area contributed by atoms with Crippen LogP contribution in [-0.2, 0) is 14.8 Å². The van der Waals surface area contributed by atoms with Crippen LogP contribution in [-0.4, -0.2) is 62.0 Å². The lowest BCUT2D eigenvalue weighted by atomic mass is 10.2. The van der Waals surface area contributed by atoms with Gasteiger partial charge in [-0.2, -0.15) is 4.31 Å². The molecule has 0 saturated carbocycles. The van der Waals surface area contributed by atoms with Crippen LogP contribution in [0.2, 0.25) is 0 Å². The lowest BCUT2D eigenvalue weighted by Crippen LogP contribution is -2.48. The van der Waals surface area contributed by atoms with Crippen molar-refractivity contribution in [2.75, 3.05) is 43.8 Å². The van der Waals surface area contributed by atoms with Gasteiger partial charge in [0.2, 0.25) is 15.9 Å². The number of nitrogens with zero attached hydrogens (tertiary/aromatic N) is 2. The van der Waals surface area contributed by atoms with Crippen molar-refractivity contribution < 1.29 is 13.2 Å². The Hall–Kier alpha value is -1.87. The van der Waals surface area contributed by atoms with Crippen LogP contribution in [0.15, 0.2) is 58.3 Å². The van der Waals surface area contributed by atoms with Crippen molar-refractivity contribution in [2.45, 2.75) is 23.6 Å². The summed E-state index contributed by atoms with van der Waals surface area (Å²) < 4.78 is 27.4. The summed E-state index contributed by atoms with van der Waals surface area (Å²) in [6.45, 7) is 7.46. The van der Waals surface area contributed by atoms with Gasteiger partial charge in [-0.3, -0.25) is 4.79 Å². The molecule has 0 aromatic heterocycles. The number of amides is 1. The van der Waals surface area contributed by atoms with Crippen LogP contribution in [0.25, 0.3) is 0 Å². The molecule has 3 rings (SSSR count). The molecule has 1 N–H and O–H groups in total. The highest BCUT2D eigenvalue weighted by Gasteiger charge is 2.28. The van der Waals surface area contributed by atoms with Crippen LogP contribution < -0.4 is 5.32 Å². The molecule has 0 spiro atoms. The molecule has 1 aliphatic heterocycles. The summed E-state index contributed by atoms with van der Waals surface area (Å²) in [4.78, 5) is 15.8. The third kappa shape index (κ3) is 5.60. The molecule has 29 heavy (non-hydrogen) atoms. The summed E-state index contributed by atoms with van der Waals surface area (Å²) in [6.07, 6.45) is 0. The fourth-order valence-electron chi connectivity index (χ4n) is 3.23. The van der Waals surface area contributed by atoms with Crippen molar-refractivity contribution in [1.82, 2.24) is 9.21 Å². The Labute approximate surface area is 177 Å². The molecular weight excluding hydrogens is 406 g/mol. The molecule has 0 atom stereocenters. The second-order valence-corrected chi connectivity index (χ2v) is 9.92. The van der Waals surface area contributed by atoms with Crippen molar-refractivity contribution in [3.8, 4) is 0 Å². The normalized spacial score (nSPS) is 15.9. The zero-order valence-electron chi connectivity index (χ0n) is 16.8. The number of carbonyl (C=O) groups excluding carboxylic acids is 1. The first-order chi connectivity index (χ1) is 13.9.